The Balaban J connectivity index is 2.62. The zero-order chi connectivity index (χ0) is 14.3. The molecule has 1 aromatic rings. The summed E-state index contributed by atoms with van der Waals surface area (Å²) >= 11 is 0. The molecule has 0 bridgehead atoms. The Kier molecular flexibility index (Phi) is 5.85. The van der Waals surface area contributed by atoms with E-state index in [4.69, 9.17) is 0 Å². The molecule has 2 amide bonds. The Morgan fingerprint density at radius 3 is 2.42 bits per heavy atom. The van der Waals surface area contributed by atoms with E-state index >= 15 is 0 Å². The van der Waals surface area contributed by atoms with Crippen molar-refractivity contribution in [3.8, 4) is 0 Å². The number of hydrogen-bond acceptors (Lipinski definition) is 3. The van der Waals surface area contributed by atoms with Crippen molar-refractivity contribution < 1.29 is 9.59 Å². The normalized spacial score (nSPS) is 9.84. The van der Waals surface area contributed by atoms with Crippen molar-refractivity contribution >= 4 is 17.5 Å². The molecule has 19 heavy (non-hydrogen) atoms. The van der Waals surface area contributed by atoms with Crippen LogP contribution in [-0.2, 0) is 4.79 Å². The van der Waals surface area contributed by atoms with Gasteiger partial charge in [0.1, 0.15) is 0 Å². The second-order valence-electron chi connectivity index (χ2n) is 4.20. The summed E-state index contributed by atoms with van der Waals surface area (Å²) < 4.78 is 0. The molecule has 104 valence electrons. The number of likely N-dealkylation sites (N-methyl/N-ethyl adjacent to an activating group) is 1. The third kappa shape index (κ3) is 4.62. The Morgan fingerprint density at radius 1 is 1.11 bits per heavy atom. The van der Waals surface area contributed by atoms with E-state index in [0.717, 1.165) is 17.8 Å². The van der Waals surface area contributed by atoms with Crippen LogP contribution in [0.5, 0.6) is 0 Å². The first kappa shape index (κ1) is 15.0. The number of carbonyl (C=O) groups is 2. The van der Waals surface area contributed by atoms with Crippen molar-refractivity contribution in [2.24, 2.45) is 0 Å². The highest BCUT2D eigenvalue weighted by Crippen LogP contribution is 2.16. The van der Waals surface area contributed by atoms with Crippen LogP contribution >= 0.6 is 0 Å². The molecule has 0 aromatic heterocycles. The number of rotatable bonds is 6. The predicted octanol–water partition coefficient (Wildman–Crippen LogP) is 1.29. The van der Waals surface area contributed by atoms with E-state index in [0.29, 0.717) is 12.1 Å². The molecule has 0 atom stereocenters. The van der Waals surface area contributed by atoms with Gasteiger partial charge in [0.15, 0.2) is 0 Å². The fourth-order valence-electron chi connectivity index (χ4n) is 1.72. The summed E-state index contributed by atoms with van der Waals surface area (Å²) in [6, 6.07) is 5.43. The van der Waals surface area contributed by atoms with Crippen LogP contribution in [0.1, 0.15) is 29.8 Å². The molecule has 0 aliphatic heterocycles. The molecule has 0 heterocycles. The molecule has 0 saturated carbocycles. The van der Waals surface area contributed by atoms with Crippen molar-refractivity contribution in [3.05, 3.63) is 29.3 Å². The number of amides is 2. The summed E-state index contributed by atoms with van der Waals surface area (Å²) in [5.74, 6) is -0.422. The molecule has 0 saturated heterocycles. The van der Waals surface area contributed by atoms with Crippen LogP contribution in [0.25, 0.3) is 0 Å². The molecule has 5 nitrogen and oxygen atoms in total. The lowest BCUT2D eigenvalue weighted by molar-refractivity contribution is -0.120. The maximum atomic E-state index is 11.9. The van der Waals surface area contributed by atoms with Gasteiger partial charge in [0.25, 0.3) is 5.91 Å². The third-order valence-electron chi connectivity index (χ3n) is 2.64. The summed E-state index contributed by atoms with van der Waals surface area (Å²) in [6.07, 6.45) is 0. The number of nitrogens with one attached hydrogen (secondary N) is 3. The highest BCUT2D eigenvalue weighted by Gasteiger charge is 2.08. The first-order chi connectivity index (χ1) is 9.08. The van der Waals surface area contributed by atoms with Crippen LogP contribution in [0.4, 0.5) is 5.69 Å². The Labute approximate surface area is 113 Å². The van der Waals surface area contributed by atoms with Crippen LogP contribution in [0, 0.1) is 6.92 Å². The summed E-state index contributed by atoms with van der Waals surface area (Å²) in [7, 11) is 0. The van der Waals surface area contributed by atoms with Crippen molar-refractivity contribution in [3.63, 3.8) is 0 Å². The Morgan fingerprint density at radius 2 is 1.84 bits per heavy atom. The zero-order valence-electron chi connectivity index (χ0n) is 11.7. The highest BCUT2D eigenvalue weighted by atomic mass is 16.2. The fraction of sp³-hybridized carbons (Fsp3) is 0.429. The largest absolute Gasteiger partial charge is 0.385 e. The van der Waals surface area contributed by atoms with Crippen molar-refractivity contribution in [2.75, 3.05) is 25.0 Å². The van der Waals surface area contributed by atoms with Gasteiger partial charge >= 0.3 is 0 Å². The maximum Gasteiger partial charge on any atom is 0.251 e. The Hall–Kier alpha value is -2.04. The first-order valence-electron chi connectivity index (χ1n) is 6.47. The molecule has 5 heteroatoms. The molecule has 1 aromatic carbocycles. The number of benzene rings is 1. The lowest BCUT2D eigenvalue weighted by Crippen LogP contribution is -2.36. The minimum absolute atomic E-state index is 0.000677. The van der Waals surface area contributed by atoms with E-state index in [1.54, 1.807) is 6.07 Å². The van der Waals surface area contributed by atoms with E-state index in [1.807, 2.05) is 32.9 Å². The van der Waals surface area contributed by atoms with Gasteiger partial charge in [-0.1, -0.05) is 0 Å². The predicted molar refractivity (Wildman–Crippen MR) is 76.4 cm³/mol. The zero-order valence-corrected chi connectivity index (χ0v) is 11.7. The lowest BCUT2D eigenvalue weighted by Gasteiger charge is -2.10. The van der Waals surface area contributed by atoms with Crippen molar-refractivity contribution in [1.82, 2.24) is 10.6 Å². The average Bonchev–Trinajstić information content (AvgIpc) is 2.39. The fourth-order valence-corrected chi connectivity index (χ4v) is 1.72. The van der Waals surface area contributed by atoms with Gasteiger partial charge in [0, 0.05) is 24.3 Å². The van der Waals surface area contributed by atoms with E-state index in [2.05, 4.69) is 16.0 Å². The molecular weight excluding hydrogens is 242 g/mol. The quantitative estimate of drug-likeness (QED) is 0.724. The van der Waals surface area contributed by atoms with Gasteiger partial charge in [-0.25, -0.2) is 0 Å². The van der Waals surface area contributed by atoms with Crippen LogP contribution in [0.3, 0.4) is 0 Å². The van der Waals surface area contributed by atoms with Crippen LogP contribution < -0.4 is 16.0 Å². The van der Waals surface area contributed by atoms with Gasteiger partial charge < -0.3 is 16.0 Å². The molecule has 0 unspecified atom stereocenters. The van der Waals surface area contributed by atoms with Crippen LogP contribution in [-0.4, -0.2) is 31.4 Å². The average molecular weight is 263 g/mol. The van der Waals surface area contributed by atoms with Crippen molar-refractivity contribution in [2.45, 2.75) is 20.8 Å². The smallest absolute Gasteiger partial charge is 0.251 e. The van der Waals surface area contributed by atoms with E-state index in [9.17, 15) is 9.59 Å². The molecule has 0 aliphatic carbocycles. The van der Waals surface area contributed by atoms with Gasteiger partial charge in [-0.15, -0.1) is 0 Å². The van der Waals surface area contributed by atoms with Crippen molar-refractivity contribution in [1.29, 1.82) is 0 Å². The van der Waals surface area contributed by atoms with Gasteiger partial charge in [-0.05, 0) is 44.5 Å². The number of aryl methyl sites for hydroxylation is 1. The van der Waals surface area contributed by atoms with E-state index < -0.39 is 0 Å². The maximum absolute atomic E-state index is 11.9. The number of hydrogen-bond donors (Lipinski definition) is 3. The number of anilines is 1. The Bertz CT molecular complexity index is 458. The molecule has 0 spiro atoms. The molecule has 0 fully saturated rings. The van der Waals surface area contributed by atoms with E-state index in [1.165, 1.54) is 0 Å². The molecule has 3 N–H and O–H groups in total. The molecule has 0 radical (unpaired) electrons. The highest BCUT2D eigenvalue weighted by molar-refractivity contribution is 5.97. The molecule has 0 aliphatic rings. The minimum atomic E-state index is -0.239. The summed E-state index contributed by atoms with van der Waals surface area (Å²) in [5, 5.41) is 8.43. The first-order valence-corrected chi connectivity index (χ1v) is 6.47. The van der Waals surface area contributed by atoms with Gasteiger partial charge in [0.05, 0.1) is 6.54 Å². The lowest BCUT2D eigenvalue weighted by atomic mass is 10.1. The molecular formula is C14H21N3O2. The topological polar surface area (TPSA) is 70.2 Å². The van der Waals surface area contributed by atoms with Crippen LogP contribution in [0.15, 0.2) is 18.2 Å². The van der Waals surface area contributed by atoms with E-state index in [-0.39, 0.29) is 18.4 Å². The van der Waals surface area contributed by atoms with Gasteiger partial charge in [-0.2, -0.15) is 0 Å². The van der Waals surface area contributed by atoms with Gasteiger partial charge in [-0.3, -0.25) is 9.59 Å². The minimum Gasteiger partial charge on any atom is -0.385 e. The third-order valence-corrected chi connectivity index (χ3v) is 2.64. The summed E-state index contributed by atoms with van der Waals surface area (Å²) in [6.45, 7) is 7.20. The SMILES string of the molecule is CCNC(=O)CNC(=O)c1ccc(NCC)c(C)c1. The molecule has 1 rings (SSSR count). The van der Waals surface area contributed by atoms with Crippen LogP contribution in [0.2, 0.25) is 0 Å². The van der Waals surface area contributed by atoms with Gasteiger partial charge in [0.2, 0.25) is 5.91 Å². The standard InChI is InChI=1S/C14H21N3O2/c1-4-15-12-7-6-11(8-10(12)3)14(19)17-9-13(18)16-5-2/h6-8,15H,4-5,9H2,1-3H3,(H,16,18)(H,17,19). The second-order valence-corrected chi connectivity index (χ2v) is 4.20. The summed E-state index contributed by atoms with van der Waals surface area (Å²) in [5.41, 5.74) is 2.58. The number of carbonyl (C=O) groups excluding carboxylic acids is 2. The summed E-state index contributed by atoms with van der Waals surface area (Å²) in [4.78, 5) is 23.1. The second kappa shape index (κ2) is 7.41. The monoisotopic (exact) mass is 263 g/mol.